The van der Waals surface area contributed by atoms with Gasteiger partial charge in [-0.15, -0.1) is 0 Å². The van der Waals surface area contributed by atoms with Crippen LogP contribution in [0.4, 0.5) is 20.3 Å². The molecule has 46 heavy (non-hydrogen) atoms. The van der Waals surface area contributed by atoms with Crippen molar-refractivity contribution in [2.24, 2.45) is 0 Å². The van der Waals surface area contributed by atoms with Gasteiger partial charge in [-0.1, -0.05) is 13.5 Å². The molecule has 1 atom stereocenters. The van der Waals surface area contributed by atoms with Gasteiger partial charge in [-0.25, -0.2) is 8.78 Å². The zero-order valence-electron chi connectivity index (χ0n) is 27.0. The van der Waals surface area contributed by atoms with Gasteiger partial charge in [0.25, 0.3) is 5.92 Å². The summed E-state index contributed by atoms with van der Waals surface area (Å²) < 4.78 is 37.8. The number of methoxy groups -OCH3 is 1. The number of halogens is 2. The molecule has 5 rings (SSSR count). The molecule has 0 radical (unpaired) electrons. The number of anilines is 2. The molecule has 1 aromatic carbocycles. The summed E-state index contributed by atoms with van der Waals surface area (Å²) in [5, 5.41) is 8.34. The number of aromatic amines is 1. The summed E-state index contributed by atoms with van der Waals surface area (Å²) in [5.41, 5.74) is 12.5. The van der Waals surface area contributed by atoms with Gasteiger partial charge in [0.2, 0.25) is 5.91 Å². The average Bonchev–Trinajstić information content (AvgIpc) is 3.55. The Kier molecular flexibility index (Phi) is 14.2. The number of likely N-dealkylation sites (N-methyl/N-ethyl adjacent to an activating group) is 2. The number of benzene rings is 1. The van der Waals surface area contributed by atoms with Crippen LogP contribution in [0.5, 0.6) is 6.01 Å². The molecule has 3 N–H and O–H groups in total. The second kappa shape index (κ2) is 16.9. The SMILES string of the molecule is C.CCN(CC)C(=O)/C=C/COC.Cc1cc2[nH]ncc2c(N2CCc3c(N)nc(OC[C@@H]4CC(F)(F)CN4C)nc3C2)c1C.S. The number of carbonyl (C=O) groups is 1. The third-order valence-electron chi connectivity index (χ3n) is 8.27. The smallest absolute Gasteiger partial charge is 0.318 e. The van der Waals surface area contributed by atoms with E-state index in [1.54, 1.807) is 36.1 Å². The first-order valence-electron chi connectivity index (χ1n) is 15.0. The molecular weight excluding hydrogens is 614 g/mol. The second-order valence-corrected chi connectivity index (χ2v) is 11.3. The molecule has 0 unspecified atom stereocenters. The van der Waals surface area contributed by atoms with Crippen molar-refractivity contribution >= 4 is 41.8 Å². The molecule has 4 heterocycles. The molecule has 0 aliphatic carbocycles. The van der Waals surface area contributed by atoms with Gasteiger partial charge >= 0.3 is 6.01 Å². The van der Waals surface area contributed by atoms with Crippen molar-refractivity contribution in [3.05, 3.63) is 46.8 Å². The number of hydrogen-bond acceptors (Lipinski definition) is 9. The zero-order valence-corrected chi connectivity index (χ0v) is 28.0. The monoisotopic (exact) mass is 664 g/mol. The first kappa shape index (κ1) is 38.7. The minimum atomic E-state index is -2.69. The molecule has 0 saturated carbocycles. The number of carbonyl (C=O) groups excluding carboxylic acids is 1. The van der Waals surface area contributed by atoms with Crippen molar-refractivity contribution in [1.29, 1.82) is 0 Å². The Morgan fingerprint density at radius 3 is 2.61 bits per heavy atom. The summed E-state index contributed by atoms with van der Waals surface area (Å²) >= 11 is 0. The number of nitrogens with one attached hydrogen (secondary N) is 1. The first-order valence-corrected chi connectivity index (χ1v) is 15.0. The largest absolute Gasteiger partial charge is 0.462 e. The van der Waals surface area contributed by atoms with E-state index in [4.69, 9.17) is 15.2 Å². The Hall–Kier alpha value is -3.49. The number of hydrogen-bond donors (Lipinski definition) is 2. The predicted octanol–water partition coefficient (Wildman–Crippen LogP) is 4.64. The van der Waals surface area contributed by atoms with Crippen molar-refractivity contribution in [2.45, 2.75) is 66.5 Å². The molecule has 256 valence electrons. The number of fused-ring (bicyclic) bond motifs is 2. The maximum Gasteiger partial charge on any atom is 0.318 e. The third kappa shape index (κ3) is 9.07. The maximum absolute atomic E-state index is 13.7. The highest BCUT2D eigenvalue weighted by atomic mass is 32.1. The van der Waals surface area contributed by atoms with E-state index in [1.165, 1.54) is 11.1 Å². The first-order chi connectivity index (χ1) is 21.0. The quantitative estimate of drug-likeness (QED) is 0.315. The van der Waals surface area contributed by atoms with Crippen LogP contribution < -0.4 is 15.4 Å². The number of H-pyrrole nitrogens is 1. The van der Waals surface area contributed by atoms with Crippen LogP contribution >= 0.6 is 13.5 Å². The van der Waals surface area contributed by atoms with Gasteiger partial charge in [0.15, 0.2) is 0 Å². The van der Waals surface area contributed by atoms with Gasteiger partial charge in [0.05, 0.1) is 42.8 Å². The number of nitrogens with zero attached hydrogens (tertiary/aromatic N) is 6. The van der Waals surface area contributed by atoms with Crippen LogP contribution in [0.2, 0.25) is 0 Å². The van der Waals surface area contributed by atoms with Crippen molar-refractivity contribution in [2.75, 3.05) is 64.2 Å². The normalized spacial score (nSPS) is 17.1. The van der Waals surface area contributed by atoms with E-state index < -0.39 is 5.92 Å². The van der Waals surface area contributed by atoms with E-state index in [0.29, 0.717) is 25.4 Å². The summed E-state index contributed by atoms with van der Waals surface area (Å²) in [4.78, 5) is 25.8. The van der Waals surface area contributed by atoms with E-state index in [-0.39, 0.29) is 58.5 Å². The lowest BCUT2D eigenvalue weighted by molar-refractivity contribution is -0.125. The molecule has 2 aliphatic rings. The van der Waals surface area contributed by atoms with Crippen molar-refractivity contribution in [3.63, 3.8) is 0 Å². The van der Waals surface area contributed by atoms with E-state index in [1.807, 2.05) is 20.0 Å². The summed E-state index contributed by atoms with van der Waals surface area (Å²) in [7, 11) is 3.28. The molecule has 1 saturated heterocycles. The summed E-state index contributed by atoms with van der Waals surface area (Å²) in [6.07, 6.45) is 5.61. The summed E-state index contributed by atoms with van der Waals surface area (Å²) in [6.45, 7) is 11.3. The number of ether oxygens (including phenoxy) is 2. The Balaban J connectivity index is 0.000000454. The fourth-order valence-electron chi connectivity index (χ4n) is 5.71. The van der Waals surface area contributed by atoms with Crippen LogP contribution in [0.25, 0.3) is 10.9 Å². The number of aromatic nitrogens is 4. The molecule has 0 bridgehead atoms. The van der Waals surface area contributed by atoms with Gasteiger partial charge in [-0.05, 0) is 58.4 Å². The van der Waals surface area contributed by atoms with Crippen LogP contribution in [-0.2, 0) is 22.5 Å². The Morgan fingerprint density at radius 2 is 1.98 bits per heavy atom. The van der Waals surface area contributed by atoms with Crippen molar-refractivity contribution in [1.82, 2.24) is 30.0 Å². The zero-order chi connectivity index (χ0) is 32.0. The standard InChI is InChI=1S/C22H27F2N7O.C9H17NO2.CH4.H2S/c1-12-6-17-16(8-26-29-17)19(13(12)2)31-5-4-15-18(9-31)27-21(28-20(15)25)32-10-14-7-22(23,24)11-30(14)3;1-4-10(5-2)9(11)7-6-8-12-3;;/h6,8,14H,4-5,7,9-11H2,1-3H3,(H,26,29)(H2,25,27,28);6-7H,4-5,8H2,1-3H3;1H4;1H2/b;7-6+;;/t14-;;;/m0.../s1. The Morgan fingerprint density at radius 1 is 1.26 bits per heavy atom. The highest BCUT2D eigenvalue weighted by molar-refractivity contribution is 7.59. The highest BCUT2D eigenvalue weighted by Crippen LogP contribution is 2.36. The van der Waals surface area contributed by atoms with Crippen molar-refractivity contribution in [3.8, 4) is 6.01 Å². The van der Waals surface area contributed by atoms with Crippen LogP contribution in [0.15, 0.2) is 24.4 Å². The Labute approximate surface area is 278 Å². The van der Waals surface area contributed by atoms with Crippen LogP contribution in [0.3, 0.4) is 0 Å². The number of rotatable bonds is 9. The molecule has 14 heteroatoms. The summed E-state index contributed by atoms with van der Waals surface area (Å²) in [5.74, 6) is -2.25. The molecule has 1 fully saturated rings. The number of nitrogen functional groups attached to an aromatic ring is 1. The van der Waals surface area contributed by atoms with E-state index in [0.717, 1.165) is 47.5 Å². The number of likely N-dealkylation sites (tertiary alicyclic amines) is 1. The van der Waals surface area contributed by atoms with Gasteiger partial charge in [0.1, 0.15) is 12.4 Å². The summed E-state index contributed by atoms with van der Waals surface area (Å²) in [6, 6.07) is 1.86. The van der Waals surface area contributed by atoms with E-state index in [9.17, 15) is 13.6 Å². The molecule has 2 aromatic heterocycles. The van der Waals surface area contributed by atoms with Gasteiger partial charge in [0, 0.05) is 56.2 Å². The lowest BCUT2D eigenvalue weighted by atomic mass is 9.99. The predicted molar refractivity (Wildman–Crippen MR) is 184 cm³/mol. The average molecular weight is 665 g/mol. The van der Waals surface area contributed by atoms with Crippen molar-refractivity contribution < 1.29 is 23.0 Å². The Bertz CT molecular complexity index is 1480. The van der Waals surface area contributed by atoms with Crippen LogP contribution in [0, 0.1) is 13.8 Å². The fourth-order valence-corrected chi connectivity index (χ4v) is 5.71. The highest BCUT2D eigenvalue weighted by Gasteiger charge is 2.43. The molecule has 11 nitrogen and oxygen atoms in total. The van der Waals surface area contributed by atoms with E-state index in [2.05, 4.69) is 45.0 Å². The molecule has 0 spiro atoms. The molecule has 1 amide bonds. The van der Waals surface area contributed by atoms with Crippen LogP contribution in [-0.4, -0.2) is 101 Å². The molecular formula is C32H50F2N8O3S. The minimum Gasteiger partial charge on any atom is -0.462 e. The number of nitrogens with two attached hydrogens (primary N) is 1. The van der Waals surface area contributed by atoms with Gasteiger partial charge in [-0.3, -0.25) is 14.8 Å². The van der Waals surface area contributed by atoms with E-state index >= 15 is 0 Å². The number of alkyl halides is 2. The lowest BCUT2D eigenvalue weighted by Gasteiger charge is -2.32. The second-order valence-electron chi connectivity index (χ2n) is 11.3. The maximum atomic E-state index is 13.7. The third-order valence-corrected chi connectivity index (χ3v) is 8.27. The molecule has 2 aliphatic heterocycles. The lowest BCUT2D eigenvalue weighted by Crippen LogP contribution is -2.33. The van der Waals surface area contributed by atoms with Gasteiger partial charge in [-0.2, -0.15) is 28.6 Å². The minimum absolute atomic E-state index is 0. The number of amides is 1. The topological polar surface area (TPSA) is 126 Å². The molecule has 3 aromatic rings. The van der Waals surface area contributed by atoms with Gasteiger partial charge < -0.3 is 25.0 Å². The fraction of sp³-hybridized carbons (Fsp3) is 0.562. The number of aryl methyl sites for hydroxylation is 1. The van der Waals surface area contributed by atoms with Crippen LogP contribution in [0.1, 0.15) is 50.1 Å².